The SMILES string of the molecule is C=C(CCC[C@]1(C)CC[C@H]([C@H](C)C(=O)OC)OO1)CCC1(O)C(=C)CCCC1(C)C. The molecule has 0 aromatic carbocycles. The lowest BCUT2D eigenvalue weighted by atomic mass is 9.61. The fraction of sp³-hybridized carbons (Fsp3) is 0.800. The summed E-state index contributed by atoms with van der Waals surface area (Å²) in [6.45, 7) is 16.6. The highest BCUT2D eigenvalue weighted by Crippen LogP contribution is 2.49. The van der Waals surface area contributed by atoms with E-state index in [-0.39, 0.29) is 29.0 Å². The Labute approximate surface area is 182 Å². The number of allylic oxidation sites excluding steroid dienone is 1. The van der Waals surface area contributed by atoms with Gasteiger partial charge in [0.15, 0.2) is 0 Å². The number of esters is 1. The van der Waals surface area contributed by atoms with Crippen molar-refractivity contribution in [2.24, 2.45) is 11.3 Å². The summed E-state index contributed by atoms with van der Waals surface area (Å²) in [5, 5.41) is 11.3. The highest BCUT2D eigenvalue weighted by atomic mass is 17.2. The average molecular weight is 423 g/mol. The lowest BCUT2D eigenvalue weighted by Gasteiger charge is -2.48. The molecule has 5 nitrogen and oxygen atoms in total. The largest absolute Gasteiger partial charge is 0.469 e. The summed E-state index contributed by atoms with van der Waals surface area (Å²) < 4.78 is 4.79. The summed E-state index contributed by atoms with van der Waals surface area (Å²) >= 11 is 0. The zero-order valence-electron chi connectivity index (χ0n) is 19.7. The van der Waals surface area contributed by atoms with E-state index in [9.17, 15) is 9.90 Å². The molecule has 1 aliphatic carbocycles. The number of ether oxygens (including phenoxy) is 1. The third-order valence-corrected chi connectivity index (χ3v) is 7.52. The van der Waals surface area contributed by atoms with Gasteiger partial charge in [-0.2, -0.15) is 0 Å². The highest BCUT2D eigenvalue weighted by Gasteiger charge is 2.47. The molecule has 172 valence electrons. The summed E-state index contributed by atoms with van der Waals surface area (Å²) in [6.07, 6.45) is 8.65. The van der Waals surface area contributed by atoms with Crippen LogP contribution in [0.25, 0.3) is 0 Å². The van der Waals surface area contributed by atoms with Crippen LogP contribution < -0.4 is 0 Å². The minimum absolute atomic E-state index is 0.138. The van der Waals surface area contributed by atoms with Crippen LogP contribution in [0.1, 0.15) is 91.9 Å². The van der Waals surface area contributed by atoms with Gasteiger partial charge < -0.3 is 9.84 Å². The summed E-state index contributed by atoms with van der Waals surface area (Å²) in [5.74, 6) is -0.599. The minimum Gasteiger partial charge on any atom is -0.469 e. The Morgan fingerprint density at radius 1 is 1.27 bits per heavy atom. The first-order valence-corrected chi connectivity index (χ1v) is 11.4. The lowest BCUT2D eigenvalue weighted by molar-refractivity contribution is -0.411. The zero-order valence-corrected chi connectivity index (χ0v) is 19.7. The fourth-order valence-electron chi connectivity index (χ4n) is 4.90. The molecule has 2 rings (SSSR count). The van der Waals surface area contributed by atoms with E-state index in [0.717, 1.165) is 68.9 Å². The molecular weight excluding hydrogens is 380 g/mol. The summed E-state index contributed by atoms with van der Waals surface area (Å²) in [4.78, 5) is 22.9. The zero-order chi connectivity index (χ0) is 22.6. The van der Waals surface area contributed by atoms with Crippen molar-refractivity contribution in [3.05, 3.63) is 24.3 Å². The van der Waals surface area contributed by atoms with Crippen molar-refractivity contribution in [1.82, 2.24) is 0 Å². The third kappa shape index (κ3) is 5.74. The molecule has 30 heavy (non-hydrogen) atoms. The van der Waals surface area contributed by atoms with Crippen LogP contribution in [0.3, 0.4) is 0 Å². The maximum Gasteiger partial charge on any atom is 0.311 e. The monoisotopic (exact) mass is 422 g/mol. The van der Waals surface area contributed by atoms with Crippen molar-refractivity contribution in [2.75, 3.05) is 7.11 Å². The van der Waals surface area contributed by atoms with Gasteiger partial charge in [0.2, 0.25) is 0 Å². The molecule has 1 heterocycles. The molecular formula is C25H42O5. The predicted molar refractivity (Wildman–Crippen MR) is 119 cm³/mol. The van der Waals surface area contributed by atoms with Gasteiger partial charge in [0, 0.05) is 0 Å². The van der Waals surface area contributed by atoms with Crippen LogP contribution in [0.15, 0.2) is 24.3 Å². The lowest BCUT2D eigenvalue weighted by Crippen LogP contribution is -2.48. The van der Waals surface area contributed by atoms with E-state index < -0.39 is 5.60 Å². The molecule has 1 aliphatic heterocycles. The second-order valence-corrected chi connectivity index (χ2v) is 10.3. The molecule has 1 N–H and O–H groups in total. The molecule has 1 unspecified atom stereocenters. The number of carbonyl (C=O) groups excluding carboxylic acids is 1. The van der Waals surface area contributed by atoms with Gasteiger partial charge in [-0.05, 0) is 89.0 Å². The molecule has 2 aliphatic rings. The van der Waals surface area contributed by atoms with E-state index in [1.165, 1.54) is 7.11 Å². The van der Waals surface area contributed by atoms with Gasteiger partial charge in [0.1, 0.15) is 11.7 Å². The Morgan fingerprint density at radius 3 is 2.53 bits per heavy atom. The normalized spacial score (nSPS) is 32.5. The van der Waals surface area contributed by atoms with Crippen LogP contribution in [-0.2, 0) is 19.3 Å². The van der Waals surface area contributed by atoms with Crippen LogP contribution in [0.4, 0.5) is 0 Å². The van der Waals surface area contributed by atoms with Crippen LogP contribution >= 0.6 is 0 Å². The van der Waals surface area contributed by atoms with Crippen LogP contribution in [0.2, 0.25) is 0 Å². The standard InChI is InChI=1S/C25H42O5/c1-18(12-17-25(27)19(2)11-9-14-23(25,4)5)10-8-15-24(6)16-13-21(29-30-24)20(3)22(26)28-7/h20-21,27H,1-2,8-17H2,3-7H3/t20-,21+,24+,25?/m0/s1. The van der Waals surface area contributed by atoms with Crippen molar-refractivity contribution in [3.63, 3.8) is 0 Å². The Bertz CT molecular complexity index is 629. The third-order valence-electron chi connectivity index (χ3n) is 7.52. The molecule has 1 saturated heterocycles. The maximum absolute atomic E-state index is 11.7. The van der Waals surface area contributed by atoms with E-state index >= 15 is 0 Å². The van der Waals surface area contributed by atoms with Crippen LogP contribution in [0, 0.1) is 11.3 Å². The van der Waals surface area contributed by atoms with Crippen LogP contribution in [-0.4, -0.2) is 35.5 Å². The Kier molecular flexibility index (Phi) is 8.34. The average Bonchev–Trinajstić information content (AvgIpc) is 2.70. The first-order valence-electron chi connectivity index (χ1n) is 11.4. The quantitative estimate of drug-likeness (QED) is 0.295. The first kappa shape index (κ1) is 25.1. The summed E-state index contributed by atoms with van der Waals surface area (Å²) in [6, 6.07) is 0. The van der Waals surface area contributed by atoms with E-state index in [2.05, 4.69) is 33.9 Å². The van der Waals surface area contributed by atoms with Gasteiger partial charge >= 0.3 is 5.97 Å². The van der Waals surface area contributed by atoms with Crippen molar-refractivity contribution >= 4 is 5.97 Å². The van der Waals surface area contributed by atoms with Crippen molar-refractivity contribution in [1.29, 1.82) is 0 Å². The van der Waals surface area contributed by atoms with E-state index in [4.69, 9.17) is 14.5 Å². The van der Waals surface area contributed by atoms with Crippen LogP contribution in [0.5, 0.6) is 0 Å². The molecule has 0 amide bonds. The number of carbonyl (C=O) groups is 1. The molecule has 0 radical (unpaired) electrons. The predicted octanol–water partition coefficient (Wildman–Crippen LogP) is 5.67. The molecule has 0 spiro atoms. The van der Waals surface area contributed by atoms with E-state index in [1.807, 2.05) is 6.92 Å². The molecule has 1 saturated carbocycles. The number of hydrogen-bond donors (Lipinski definition) is 1. The van der Waals surface area contributed by atoms with Gasteiger partial charge in [0.05, 0.1) is 18.6 Å². The van der Waals surface area contributed by atoms with Crippen molar-refractivity contribution < 1.29 is 24.4 Å². The topological polar surface area (TPSA) is 65.0 Å². The molecule has 5 heteroatoms. The number of methoxy groups -OCH3 is 1. The number of aliphatic hydroxyl groups is 1. The van der Waals surface area contributed by atoms with E-state index in [1.54, 1.807) is 0 Å². The molecule has 0 aromatic rings. The number of hydrogen-bond acceptors (Lipinski definition) is 5. The Morgan fingerprint density at radius 2 is 1.97 bits per heavy atom. The summed E-state index contributed by atoms with van der Waals surface area (Å²) in [5.41, 5.74) is 0.857. The minimum atomic E-state index is -0.800. The molecule has 4 atom stereocenters. The van der Waals surface area contributed by atoms with Gasteiger partial charge in [-0.1, -0.05) is 32.6 Å². The number of rotatable bonds is 9. The van der Waals surface area contributed by atoms with Gasteiger partial charge in [-0.25, -0.2) is 9.78 Å². The smallest absolute Gasteiger partial charge is 0.311 e. The summed E-state index contributed by atoms with van der Waals surface area (Å²) in [7, 11) is 1.39. The molecule has 0 bridgehead atoms. The highest BCUT2D eigenvalue weighted by molar-refractivity contribution is 5.72. The molecule has 0 aromatic heterocycles. The van der Waals surface area contributed by atoms with Gasteiger partial charge in [-0.3, -0.25) is 4.79 Å². The van der Waals surface area contributed by atoms with Gasteiger partial charge in [-0.15, -0.1) is 0 Å². The molecule has 2 fully saturated rings. The van der Waals surface area contributed by atoms with Crippen molar-refractivity contribution in [3.8, 4) is 0 Å². The Hall–Kier alpha value is -1.17. The fourth-order valence-corrected chi connectivity index (χ4v) is 4.90. The van der Waals surface area contributed by atoms with Gasteiger partial charge in [0.25, 0.3) is 0 Å². The van der Waals surface area contributed by atoms with Crippen molar-refractivity contribution in [2.45, 2.75) is 109 Å². The maximum atomic E-state index is 11.7. The second-order valence-electron chi connectivity index (χ2n) is 10.3. The Balaban J connectivity index is 1.74. The first-order chi connectivity index (χ1) is 13.9. The van der Waals surface area contributed by atoms with E-state index in [0.29, 0.717) is 6.42 Å². The second kappa shape index (κ2) is 9.97.